The third-order valence-electron chi connectivity index (χ3n) is 2.10. The number of nitrogens with zero attached hydrogens (tertiary/aromatic N) is 2. The summed E-state index contributed by atoms with van der Waals surface area (Å²) in [5.74, 6) is 0. The van der Waals surface area contributed by atoms with E-state index in [1.54, 1.807) is 0 Å². The standard InChI is InChI=1S/C11H10N2O2/c12-6-10-11(8-15-13-10)14-7-9-4-2-1-3-5-9/h1-5,11H,7-8H2. The summed E-state index contributed by atoms with van der Waals surface area (Å²) in [5.41, 5.74) is 1.38. The molecule has 2 rings (SSSR count). The van der Waals surface area contributed by atoms with E-state index < -0.39 is 0 Å². The first-order valence-corrected chi connectivity index (χ1v) is 4.65. The lowest BCUT2D eigenvalue weighted by Gasteiger charge is -2.08. The molecule has 1 aromatic rings. The molecular formula is C11H10N2O2. The molecule has 0 N–H and O–H groups in total. The molecule has 4 nitrogen and oxygen atoms in total. The second kappa shape index (κ2) is 4.58. The first-order chi connectivity index (χ1) is 7.40. The predicted molar refractivity (Wildman–Crippen MR) is 54.0 cm³/mol. The minimum absolute atomic E-state index is 0.311. The van der Waals surface area contributed by atoms with Crippen LogP contribution in [-0.4, -0.2) is 18.4 Å². The van der Waals surface area contributed by atoms with Crippen LogP contribution >= 0.6 is 0 Å². The molecule has 1 unspecified atom stereocenters. The summed E-state index contributed by atoms with van der Waals surface area (Å²) in [6, 6.07) is 11.7. The molecule has 0 bridgehead atoms. The molecule has 0 fully saturated rings. The normalized spacial score (nSPS) is 19.1. The summed E-state index contributed by atoms with van der Waals surface area (Å²) >= 11 is 0. The molecule has 4 heteroatoms. The van der Waals surface area contributed by atoms with Crippen molar-refractivity contribution in [2.75, 3.05) is 6.61 Å². The van der Waals surface area contributed by atoms with Crippen molar-refractivity contribution in [2.45, 2.75) is 12.7 Å². The molecule has 0 saturated carbocycles. The number of ether oxygens (including phenoxy) is 1. The van der Waals surface area contributed by atoms with E-state index in [4.69, 9.17) is 14.8 Å². The van der Waals surface area contributed by atoms with E-state index in [1.807, 2.05) is 36.4 Å². The average Bonchev–Trinajstić information content (AvgIpc) is 2.75. The van der Waals surface area contributed by atoms with Gasteiger partial charge >= 0.3 is 0 Å². The Labute approximate surface area is 87.7 Å². The van der Waals surface area contributed by atoms with E-state index in [9.17, 15) is 0 Å². The summed E-state index contributed by atoms with van der Waals surface area (Å²) < 4.78 is 5.51. The summed E-state index contributed by atoms with van der Waals surface area (Å²) in [4.78, 5) is 4.79. The fourth-order valence-electron chi connectivity index (χ4n) is 1.30. The summed E-state index contributed by atoms with van der Waals surface area (Å²) in [5, 5.41) is 12.3. The number of hydrogen-bond donors (Lipinski definition) is 0. The minimum Gasteiger partial charge on any atom is -0.392 e. The Kier molecular flexibility index (Phi) is 2.96. The molecule has 15 heavy (non-hydrogen) atoms. The van der Waals surface area contributed by atoms with Crippen LogP contribution in [0.5, 0.6) is 0 Å². The third kappa shape index (κ3) is 2.33. The van der Waals surface area contributed by atoms with Crippen molar-refractivity contribution in [3.63, 3.8) is 0 Å². The molecule has 0 spiro atoms. The van der Waals surface area contributed by atoms with E-state index in [1.165, 1.54) is 0 Å². The highest BCUT2D eigenvalue weighted by Gasteiger charge is 2.23. The summed E-state index contributed by atoms with van der Waals surface area (Å²) in [7, 11) is 0. The molecule has 0 aliphatic carbocycles. The Balaban J connectivity index is 1.90. The maximum atomic E-state index is 8.69. The summed E-state index contributed by atoms with van der Waals surface area (Å²) in [6.07, 6.45) is -0.324. The largest absolute Gasteiger partial charge is 0.392 e. The molecule has 0 saturated heterocycles. The second-order valence-electron chi connectivity index (χ2n) is 3.17. The van der Waals surface area contributed by atoms with Crippen molar-refractivity contribution in [2.24, 2.45) is 5.16 Å². The number of benzene rings is 1. The lowest BCUT2D eigenvalue weighted by molar-refractivity contribution is 0.0365. The van der Waals surface area contributed by atoms with Crippen LogP contribution in [0.25, 0.3) is 0 Å². The maximum Gasteiger partial charge on any atom is 0.189 e. The maximum absolute atomic E-state index is 8.69. The van der Waals surface area contributed by atoms with E-state index in [0.29, 0.717) is 18.9 Å². The van der Waals surface area contributed by atoms with Gasteiger partial charge in [-0.1, -0.05) is 35.5 Å². The van der Waals surface area contributed by atoms with Crippen molar-refractivity contribution in [3.05, 3.63) is 35.9 Å². The van der Waals surface area contributed by atoms with E-state index in [-0.39, 0.29) is 6.10 Å². The minimum atomic E-state index is -0.324. The van der Waals surface area contributed by atoms with Crippen molar-refractivity contribution in [3.8, 4) is 6.07 Å². The zero-order chi connectivity index (χ0) is 10.5. The Bertz CT molecular complexity index is 395. The summed E-state index contributed by atoms with van der Waals surface area (Å²) in [6.45, 7) is 0.797. The number of oxime groups is 1. The van der Waals surface area contributed by atoms with Crippen LogP contribution in [0.3, 0.4) is 0 Å². The van der Waals surface area contributed by atoms with Crippen molar-refractivity contribution in [1.82, 2.24) is 0 Å². The Morgan fingerprint density at radius 3 is 3.00 bits per heavy atom. The zero-order valence-corrected chi connectivity index (χ0v) is 8.09. The van der Waals surface area contributed by atoms with Crippen LogP contribution in [-0.2, 0) is 16.2 Å². The van der Waals surface area contributed by atoms with Crippen molar-refractivity contribution >= 4 is 5.71 Å². The molecule has 1 aliphatic rings. The van der Waals surface area contributed by atoms with Crippen LogP contribution in [0.1, 0.15) is 5.56 Å². The van der Waals surface area contributed by atoms with Gasteiger partial charge in [-0.3, -0.25) is 0 Å². The lowest BCUT2D eigenvalue weighted by atomic mass is 10.2. The average molecular weight is 202 g/mol. The molecule has 1 atom stereocenters. The molecule has 76 valence electrons. The molecule has 1 heterocycles. The number of nitriles is 1. The zero-order valence-electron chi connectivity index (χ0n) is 8.09. The van der Waals surface area contributed by atoms with Gasteiger partial charge in [-0.15, -0.1) is 0 Å². The third-order valence-corrected chi connectivity index (χ3v) is 2.10. The van der Waals surface area contributed by atoms with Crippen molar-refractivity contribution in [1.29, 1.82) is 5.26 Å². The van der Waals surface area contributed by atoms with Gasteiger partial charge in [0.1, 0.15) is 12.7 Å². The fraction of sp³-hybridized carbons (Fsp3) is 0.273. The smallest absolute Gasteiger partial charge is 0.189 e. The predicted octanol–water partition coefficient (Wildman–Crippen LogP) is 1.48. The fourth-order valence-corrected chi connectivity index (χ4v) is 1.30. The highest BCUT2D eigenvalue weighted by Crippen LogP contribution is 2.09. The highest BCUT2D eigenvalue weighted by molar-refractivity contribution is 6.02. The van der Waals surface area contributed by atoms with Gasteiger partial charge in [0, 0.05) is 0 Å². The van der Waals surface area contributed by atoms with Gasteiger partial charge in [0.2, 0.25) is 0 Å². The first-order valence-electron chi connectivity index (χ1n) is 4.65. The second-order valence-corrected chi connectivity index (χ2v) is 3.17. The van der Waals surface area contributed by atoms with E-state index in [2.05, 4.69) is 5.16 Å². The molecule has 0 amide bonds. The van der Waals surface area contributed by atoms with Gasteiger partial charge in [0.15, 0.2) is 11.8 Å². The van der Waals surface area contributed by atoms with Crippen molar-refractivity contribution < 1.29 is 9.57 Å². The van der Waals surface area contributed by atoms with Gasteiger partial charge in [-0.25, -0.2) is 0 Å². The molecule has 1 aromatic carbocycles. The molecule has 1 aliphatic heterocycles. The van der Waals surface area contributed by atoms with Gasteiger partial charge < -0.3 is 9.57 Å². The quantitative estimate of drug-likeness (QED) is 0.746. The van der Waals surface area contributed by atoms with Crippen LogP contribution in [0.15, 0.2) is 35.5 Å². The van der Waals surface area contributed by atoms with Gasteiger partial charge in [0.25, 0.3) is 0 Å². The van der Waals surface area contributed by atoms with E-state index >= 15 is 0 Å². The topological polar surface area (TPSA) is 54.6 Å². The van der Waals surface area contributed by atoms with Crippen LogP contribution < -0.4 is 0 Å². The van der Waals surface area contributed by atoms with Gasteiger partial charge in [-0.05, 0) is 5.56 Å². The van der Waals surface area contributed by atoms with Gasteiger partial charge in [0.05, 0.1) is 6.61 Å². The molecular weight excluding hydrogens is 192 g/mol. The molecule has 0 radical (unpaired) electrons. The van der Waals surface area contributed by atoms with Crippen LogP contribution in [0.4, 0.5) is 0 Å². The Morgan fingerprint density at radius 2 is 2.27 bits per heavy atom. The first kappa shape index (κ1) is 9.69. The molecule has 0 aromatic heterocycles. The Hall–Kier alpha value is -1.86. The van der Waals surface area contributed by atoms with Crippen LogP contribution in [0.2, 0.25) is 0 Å². The van der Waals surface area contributed by atoms with Crippen LogP contribution in [0, 0.1) is 11.3 Å². The lowest BCUT2D eigenvalue weighted by Crippen LogP contribution is -2.22. The van der Waals surface area contributed by atoms with E-state index in [0.717, 1.165) is 5.56 Å². The highest BCUT2D eigenvalue weighted by atomic mass is 16.7. The monoisotopic (exact) mass is 202 g/mol. The number of rotatable bonds is 3. The number of hydrogen-bond acceptors (Lipinski definition) is 4. The SMILES string of the molecule is N#CC1=NOCC1OCc1ccccc1. The van der Waals surface area contributed by atoms with Gasteiger partial charge in [-0.2, -0.15) is 5.26 Å². The Morgan fingerprint density at radius 1 is 1.47 bits per heavy atom.